The van der Waals surface area contributed by atoms with Crippen LogP contribution in [0.4, 0.5) is 0 Å². The van der Waals surface area contributed by atoms with Gasteiger partial charge in [0, 0.05) is 34.6 Å². The van der Waals surface area contributed by atoms with E-state index in [1.54, 1.807) is 7.11 Å². The van der Waals surface area contributed by atoms with Gasteiger partial charge in [-0.15, -0.1) is 0 Å². The monoisotopic (exact) mass is 543 g/mol. The fourth-order valence-electron chi connectivity index (χ4n) is 6.29. The molecule has 7 rings (SSSR count). The van der Waals surface area contributed by atoms with Crippen molar-refractivity contribution in [3.63, 3.8) is 0 Å². The number of aromatic nitrogens is 1. The van der Waals surface area contributed by atoms with Gasteiger partial charge in [-0.05, 0) is 87.9 Å². The van der Waals surface area contributed by atoms with Crippen molar-refractivity contribution in [1.82, 2.24) is 14.8 Å². The van der Waals surface area contributed by atoms with Crippen LogP contribution in [0.15, 0.2) is 36.4 Å². The molecule has 0 amide bonds. The van der Waals surface area contributed by atoms with Crippen LogP contribution in [0, 0.1) is 0 Å². The second-order valence-electron chi connectivity index (χ2n) is 11.0. The van der Waals surface area contributed by atoms with Gasteiger partial charge in [0.1, 0.15) is 6.61 Å². The van der Waals surface area contributed by atoms with E-state index in [1.807, 2.05) is 18.2 Å². The van der Waals surface area contributed by atoms with E-state index in [9.17, 15) is 0 Å². The first-order valence-electron chi connectivity index (χ1n) is 14.6. The molecule has 8 nitrogen and oxygen atoms in total. The van der Waals surface area contributed by atoms with E-state index in [1.165, 1.54) is 38.8 Å². The molecule has 0 N–H and O–H groups in total. The number of fused-ring (bicyclic) bond motifs is 6. The quantitative estimate of drug-likeness (QED) is 0.189. The Balaban J connectivity index is 1.27. The molecule has 2 saturated heterocycles. The lowest BCUT2D eigenvalue weighted by atomic mass is 10.0. The van der Waals surface area contributed by atoms with Gasteiger partial charge in [0.2, 0.25) is 12.7 Å². The average molecular weight is 544 g/mol. The summed E-state index contributed by atoms with van der Waals surface area (Å²) in [6.07, 6.45) is 6.12. The minimum absolute atomic E-state index is 0.239. The molecule has 0 spiro atoms. The lowest BCUT2D eigenvalue weighted by Gasteiger charge is -2.18. The number of methoxy groups -OCH3 is 1. The molecule has 0 saturated carbocycles. The molecule has 3 aliphatic heterocycles. The largest absolute Gasteiger partial charge is 0.493 e. The van der Waals surface area contributed by atoms with Crippen molar-refractivity contribution in [3.8, 4) is 28.9 Å². The predicted octanol–water partition coefficient (Wildman–Crippen LogP) is 5.62. The summed E-state index contributed by atoms with van der Waals surface area (Å²) in [5.41, 5.74) is 0.876. The molecule has 0 bridgehead atoms. The lowest BCUT2D eigenvalue weighted by molar-refractivity contribution is 0.174. The molecule has 0 atom stereocenters. The van der Waals surface area contributed by atoms with Gasteiger partial charge in [0.25, 0.3) is 0 Å². The van der Waals surface area contributed by atoms with Crippen molar-refractivity contribution in [2.24, 2.45) is 0 Å². The molecule has 0 radical (unpaired) electrons. The van der Waals surface area contributed by atoms with E-state index in [0.29, 0.717) is 19.1 Å². The first-order chi connectivity index (χ1) is 19.8. The second kappa shape index (κ2) is 11.2. The van der Waals surface area contributed by atoms with Crippen LogP contribution in [0.1, 0.15) is 32.1 Å². The maximum Gasteiger partial charge on any atom is 0.231 e. The Hall–Kier alpha value is -3.49. The Morgan fingerprint density at radius 3 is 2.23 bits per heavy atom. The van der Waals surface area contributed by atoms with Crippen LogP contribution in [0.25, 0.3) is 32.4 Å². The zero-order valence-electron chi connectivity index (χ0n) is 23.2. The summed E-state index contributed by atoms with van der Waals surface area (Å²) in [5, 5.41) is 5.06. The van der Waals surface area contributed by atoms with Crippen LogP contribution in [0.5, 0.6) is 28.9 Å². The molecule has 2 fully saturated rings. The molecule has 210 valence electrons. The van der Waals surface area contributed by atoms with Crippen molar-refractivity contribution in [2.75, 3.05) is 66.4 Å². The molecule has 0 aliphatic carbocycles. The van der Waals surface area contributed by atoms with E-state index < -0.39 is 0 Å². The van der Waals surface area contributed by atoms with Crippen molar-refractivity contribution in [1.29, 1.82) is 0 Å². The maximum absolute atomic E-state index is 6.44. The Labute approximate surface area is 234 Å². The fourth-order valence-corrected chi connectivity index (χ4v) is 6.29. The zero-order valence-corrected chi connectivity index (χ0v) is 23.2. The van der Waals surface area contributed by atoms with E-state index >= 15 is 0 Å². The summed E-state index contributed by atoms with van der Waals surface area (Å²) in [5.74, 6) is 3.58. The van der Waals surface area contributed by atoms with Gasteiger partial charge in [-0.3, -0.25) is 4.90 Å². The summed E-state index contributed by atoms with van der Waals surface area (Å²) in [6.45, 7) is 8.11. The van der Waals surface area contributed by atoms with Gasteiger partial charge < -0.3 is 28.6 Å². The molecule has 40 heavy (non-hydrogen) atoms. The highest BCUT2D eigenvalue weighted by atomic mass is 16.7. The van der Waals surface area contributed by atoms with Crippen LogP contribution < -0.4 is 23.7 Å². The lowest BCUT2D eigenvalue weighted by Crippen LogP contribution is -2.25. The van der Waals surface area contributed by atoms with Gasteiger partial charge in [-0.1, -0.05) is 12.1 Å². The third-order valence-electron chi connectivity index (χ3n) is 8.44. The Bertz CT molecular complexity index is 1530. The summed E-state index contributed by atoms with van der Waals surface area (Å²) in [4.78, 5) is 10.1. The van der Waals surface area contributed by atoms with E-state index in [0.717, 1.165) is 88.0 Å². The molecule has 4 heterocycles. The third-order valence-corrected chi connectivity index (χ3v) is 8.44. The number of pyridine rings is 1. The van der Waals surface area contributed by atoms with Crippen molar-refractivity contribution in [3.05, 3.63) is 36.4 Å². The number of hydrogen-bond acceptors (Lipinski definition) is 8. The average Bonchev–Trinajstić information content (AvgIpc) is 3.77. The topological polar surface area (TPSA) is 65.5 Å². The summed E-state index contributed by atoms with van der Waals surface area (Å²) >= 11 is 0. The molecule has 3 aromatic carbocycles. The highest BCUT2D eigenvalue weighted by molar-refractivity contribution is 6.17. The Morgan fingerprint density at radius 2 is 1.45 bits per heavy atom. The minimum Gasteiger partial charge on any atom is -0.493 e. The van der Waals surface area contributed by atoms with Crippen LogP contribution in [0.3, 0.4) is 0 Å². The number of hydrogen-bond donors (Lipinski definition) is 0. The van der Waals surface area contributed by atoms with Crippen LogP contribution in [-0.4, -0.2) is 81.2 Å². The Morgan fingerprint density at radius 1 is 0.725 bits per heavy atom. The standard InChI is InChI=1S/C32H37N3O5/c1-36-27-19-25-23-8-7-22-17-28-30(40-21-39-28)18-24(22)31(23)33-32(38-16-14-35-11-4-5-12-35)26(25)20-29(27)37-15-6-13-34-9-2-3-10-34/h7-8,17-20H,2-6,9-16,21H2,1H3. The third kappa shape index (κ3) is 4.95. The van der Waals surface area contributed by atoms with Crippen LogP contribution >= 0.6 is 0 Å². The van der Waals surface area contributed by atoms with Crippen molar-refractivity contribution in [2.45, 2.75) is 32.1 Å². The van der Waals surface area contributed by atoms with E-state index in [2.05, 4.69) is 28.0 Å². The van der Waals surface area contributed by atoms with Gasteiger partial charge >= 0.3 is 0 Å². The SMILES string of the molecule is COc1cc2c(cc1OCCCN1CCCC1)c(OCCN1CCCC1)nc1c3cc4c(cc3ccc21)OCO4. The summed E-state index contributed by atoms with van der Waals surface area (Å²) < 4.78 is 29.9. The fraction of sp³-hybridized carbons (Fsp3) is 0.469. The molecule has 3 aliphatic rings. The molecule has 8 heteroatoms. The van der Waals surface area contributed by atoms with Crippen LogP contribution in [0.2, 0.25) is 0 Å². The van der Waals surface area contributed by atoms with E-state index in [-0.39, 0.29) is 6.79 Å². The predicted molar refractivity (Wildman–Crippen MR) is 156 cm³/mol. The number of rotatable bonds is 10. The smallest absolute Gasteiger partial charge is 0.231 e. The van der Waals surface area contributed by atoms with Crippen molar-refractivity contribution < 1.29 is 23.7 Å². The van der Waals surface area contributed by atoms with Gasteiger partial charge in [0.05, 0.1) is 19.2 Å². The van der Waals surface area contributed by atoms with Gasteiger partial charge in [-0.2, -0.15) is 0 Å². The van der Waals surface area contributed by atoms with E-state index in [4.69, 9.17) is 28.7 Å². The summed E-state index contributed by atoms with van der Waals surface area (Å²) in [7, 11) is 1.70. The Kier molecular flexibility index (Phi) is 7.12. The van der Waals surface area contributed by atoms with Gasteiger partial charge in [0.15, 0.2) is 23.0 Å². The molecule has 4 aromatic rings. The maximum atomic E-state index is 6.44. The normalized spacial score (nSPS) is 17.4. The minimum atomic E-state index is 0.239. The van der Waals surface area contributed by atoms with Gasteiger partial charge in [-0.25, -0.2) is 4.98 Å². The molecular weight excluding hydrogens is 506 g/mol. The molecule has 0 unspecified atom stereocenters. The molecule has 1 aromatic heterocycles. The first kappa shape index (κ1) is 25.5. The first-order valence-corrected chi connectivity index (χ1v) is 14.6. The summed E-state index contributed by atoms with van der Waals surface area (Å²) in [6, 6.07) is 12.4. The highest BCUT2D eigenvalue weighted by Crippen LogP contribution is 2.43. The number of ether oxygens (including phenoxy) is 5. The zero-order chi connectivity index (χ0) is 26.9. The van der Waals surface area contributed by atoms with Crippen LogP contribution in [-0.2, 0) is 0 Å². The number of nitrogens with zero attached hydrogens (tertiary/aromatic N) is 3. The highest BCUT2D eigenvalue weighted by Gasteiger charge is 2.20. The van der Waals surface area contributed by atoms with Crippen molar-refractivity contribution >= 4 is 32.4 Å². The number of likely N-dealkylation sites (tertiary alicyclic amines) is 2. The second-order valence-corrected chi connectivity index (χ2v) is 11.0. The molecular formula is C32H37N3O5. The number of benzene rings is 3.